The number of hydrogen-bond donors (Lipinski definition) is 1. The van der Waals surface area contributed by atoms with Crippen molar-refractivity contribution in [1.29, 1.82) is 0 Å². The van der Waals surface area contributed by atoms with Crippen LogP contribution in [0.25, 0.3) is 0 Å². The molecule has 0 atom stereocenters. The molecule has 0 fully saturated rings. The normalized spacial score (nSPS) is 11.2. The largest absolute Gasteiger partial charge is 0.495 e. The molecule has 0 aliphatic carbocycles. The van der Waals surface area contributed by atoms with Crippen molar-refractivity contribution in [3.05, 3.63) is 50.9 Å². The second-order valence-corrected chi connectivity index (χ2v) is 7.32. The Morgan fingerprint density at radius 2 is 1.76 bits per heavy atom. The van der Waals surface area contributed by atoms with Crippen molar-refractivity contribution in [1.82, 2.24) is 0 Å². The van der Waals surface area contributed by atoms with E-state index in [1.54, 1.807) is 24.3 Å². The molecule has 0 saturated heterocycles. The van der Waals surface area contributed by atoms with Crippen molar-refractivity contribution in [2.75, 3.05) is 11.8 Å². The smallest absolute Gasteiger partial charge is 0.263 e. The quantitative estimate of drug-likeness (QED) is 0.751. The molecule has 0 radical (unpaired) electrons. The Morgan fingerprint density at radius 1 is 1.14 bits per heavy atom. The number of rotatable bonds is 4. The van der Waals surface area contributed by atoms with E-state index < -0.39 is 10.0 Å². The van der Waals surface area contributed by atoms with Gasteiger partial charge >= 0.3 is 0 Å². The number of methoxy groups -OCH3 is 1. The summed E-state index contributed by atoms with van der Waals surface area (Å²) in [6.45, 7) is 0. The van der Waals surface area contributed by atoms with Crippen molar-refractivity contribution in [2.24, 2.45) is 0 Å². The number of ether oxygens (including phenoxy) is 1. The molecule has 0 aliphatic rings. The number of anilines is 1. The summed E-state index contributed by atoms with van der Waals surface area (Å²) in [5, 5.41) is 0.417. The molecule has 1 N–H and O–H groups in total. The van der Waals surface area contributed by atoms with Gasteiger partial charge in [0.05, 0.1) is 22.8 Å². The first-order valence-corrected chi connectivity index (χ1v) is 8.69. The van der Waals surface area contributed by atoms with Gasteiger partial charge in [0.1, 0.15) is 10.6 Å². The monoisotopic (exact) mass is 409 g/mol. The average molecular weight is 411 g/mol. The third-order valence-corrected chi connectivity index (χ3v) is 5.66. The van der Waals surface area contributed by atoms with Crippen LogP contribution in [0.4, 0.5) is 5.69 Å². The highest BCUT2D eigenvalue weighted by Gasteiger charge is 2.21. The molecule has 2 aromatic carbocycles. The summed E-state index contributed by atoms with van der Waals surface area (Å²) in [7, 11) is -2.38. The van der Waals surface area contributed by atoms with Crippen molar-refractivity contribution < 1.29 is 13.2 Å². The Balaban J connectivity index is 2.46. The van der Waals surface area contributed by atoms with Crippen LogP contribution in [-0.2, 0) is 10.0 Å². The molecule has 0 aromatic heterocycles. The van der Waals surface area contributed by atoms with Gasteiger partial charge in [-0.25, -0.2) is 8.42 Å². The fourth-order valence-corrected chi connectivity index (χ4v) is 4.30. The summed E-state index contributed by atoms with van der Waals surface area (Å²) < 4.78 is 32.8. The molecular formula is C13H10BrCl2NO3S. The molecule has 2 aromatic rings. The van der Waals surface area contributed by atoms with Gasteiger partial charge in [0.15, 0.2) is 0 Å². The lowest BCUT2D eigenvalue weighted by atomic mass is 10.3. The SMILES string of the molecule is COc1ccccc1NS(=O)(=O)c1cc(Cl)c(Cl)cc1Br. The summed E-state index contributed by atoms with van der Waals surface area (Å²) in [6, 6.07) is 9.41. The molecule has 0 spiro atoms. The molecular weight excluding hydrogens is 401 g/mol. The lowest BCUT2D eigenvalue weighted by molar-refractivity contribution is 0.417. The number of para-hydroxylation sites is 2. The molecule has 112 valence electrons. The Bertz CT molecular complexity index is 781. The predicted molar refractivity (Wildman–Crippen MR) is 88.0 cm³/mol. The zero-order chi connectivity index (χ0) is 15.6. The third kappa shape index (κ3) is 3.63. The maximum Gasteiger partial charge on any atom is 0.263 e. The van der Waals surface area contributed by atoms with Gasteiger partial charge in [-0.15, -0.1) is 0 Å². The molecule has 21 heavy (non-hydrogen) atoms. The first-order valence-electron chi connectivity index (χ1n) is 5.65. The van der Waals surface area contributed by atoms with Crippen LogP contribution in [0.3, 0.4) is 0 Å². The summed E-state index contributed by atoms with van der Waals surface area (Å²) in [6.07, 6.45) is 0. The molecule has 0 saturated carbocycles. The van der Waals surface area contributed by atoms with Gasteiger partial charge in [0, 0.05) is 4.47 Å². The maximum absolute atomic E-state index is 12.5. The highest BCUT2D eigenvalue weighted by molar-refractivity contribution is 9.10. The van der Waals surface area contributed by atoms with Crippen molar-refractivity contribution in [3.8, 4) is 5.75 Å². The molecule has 4 nitrogen and oxygen atoms in total. The molecule has 0 heterocycles. The summed E-state index contributed by atoms with van der Waals surface area (Å²) in [5.41, 5.74) is 0.331. The van der Waals surface area contributed by atoms with Crippen LogP contribution >= 0.6 is 39.1 Å². The van der Waals surface area contributed by atoms with Gasteiger partial charge in [-0.3, -0.25) is 4.72 Å². The zero-order valence-electron chi connectivity index (χ0n) is 10.7. The topological polar surface area (TPSA) is 55.4 Å². The van der Waals surface area contributed by atoms with Crippen molar-refractivity contribution in [3.63, 3.8) is 0 Å². The molecule has 0 unspecified atom stereocenters. The minimum absolute atomic E-state index is 0.0113. The van der Waals surface area contributed by atoms with E-state index in [4.69, 9.17) is 27.9 Å². The van der Waals surface area contributed by atoms with Crippen molar-refractivity contribution in [2.45, 2.75) is 4.90 Å². The predicted octanol–water partition coefficient (Wildman–Crippen LogP) is 4.57. The summed E-state index contributed by atoms with van der Waals surface area (Å²) in [5.74, 6) is 0.414. The highest BCUT2D eigenvalue weighted by atomic mass is 79.9. The van der Waals surface area contributed by atoms with Crippen molar-refractivity contribution >= 4 is 54.8 Å². The van der Waals surface area contributed by atoms with Gasteiger partial charge < -0.3 is 4.74 Å². The first-order chi connectivity index (χ1) is 9.85. The first kappa shape index (κ1) is 16.4. The minimum atomic E-state index is -3.84. The fraction of sp³-hybridized carbons (Fsp3) is 0.0769. The maximum atomic E-state index is 12.5. The van der Waals surface area contributed by atoms with Gasteiger partial charge in [0.25, 0.3) is 10.0 Å². The van der Waals surface area contributed by atoms with Crippen LogP contribution in [0.5, 0.6) is 5.75 Å². The standard InChI is InChI=1S/C13H10BrCl2NO3S/c1-20-12-5-3-2-4-11(12)17-21(18,19)13-7-10(16)9(15)6-8(13)14/h2-7,17H,1H3. The van der Waals surface area contributed by atoms with Gasteiger partial charge in [-0.2, -0.15) is 0 Å². The van der Waals surface area contributed by atoms with Gasteiger partial charge in [-0.1, -0.05) is 35.3 Å². The van der Waals surface area contributed by atoms with Crippen LogP contribution in [0, 0.1) is 0 Å². The summed E-state index contributed by atoms with van der Waals surface area (Å²) in [4.78, 5) is -0.0113. The van der Waals surface area contributed by atoms with E-state index in [9.17, 15) is 8.42 Å². The zero-order valence-corrected chi connectivity index (χ0v) is 14.6. The third-order valence-electron chi connectivity index (χ3n) is 2.62. The average Bonchev–Trinajstić information content (AvgIpc) is 2.43. The summed E-state index contributed by atoms with van der Waals surface area (Å²) >= 11 is 14.9. The van der Waals surface area contributed by atoms with Crippen LogP contribution < -0.4 is 9.46 Å². The lowest BCUT2D eigenvalue weighted by Gasteiger charge is -2.13. The molecule has 0 bridgehead atoms. The fourth-order valence-electron chi connectivity index (χ4n) is 1.64. The van der Waals surface area contributed by atoms with Gasteiger partial charge in [0.2, 0.25) is 0 Å². The Labute approximate surface area is 141 Å². The Morgan fingerprint density at radius 3 is 2.43 bits per heavy atom. The Hall–Kier alpha value is -0.950. The van der Waals surface area contributed by atoms with E-state index in [1.165, 1.54) is 19.2 Å². The van der Waals surface area contributed by atoms with E-state index in [0.717, 1.165) is 0 Å². The second-order valence-electron chi connectivity index (χ2n) is 4.00. The number of nitrogens with one attached hydrogen (secondary N) is 1. The molecule has 8 heteroatoms. The van der Waals surface area contributed by atoms with Gasteiger partial charge in [-0.05, 0) is 40.2 Å². The number of sulfonamides is 1. The minimum Gasteiger partial charge on any atom is -0.495 e. The number of benzene rings is 2. The molecule has 0 aliphatic heterocycles. The van der Waals surface area contributed by atoms with E-state index in [-0.39, 0.29) is 14.9 Å². The number of halogens is 3. The van der Waals surface area contributed by atoms with Crippen LogP contribution in [0.1, 0.15) is 0 Å². The van der Waals surface area contributed by atoms with E-state index in [2.05, 4.69) is 20.7 Å². The molecule has 2 rings (SSSR count). The highest BCUT2D eigenvalue weighted by Crippen LogP contribution is 2.34. The van der Waals surface area contributed by atoms with Crippen LogP contribution in [0.2, 0.25) is 10.0 Å². The number of hydrogen-bond acceptors (Lipinski definition) is 3. The Kier molecular flexibility index (Phi) is 5.03. The van der Waals surface area contributed by atoms with E-state index in [0.29, 0.717) is 15.9 Å². The second kappa shape index (κ2) is 6.44. The van der Waals surface area contributed by atoms with E-state index in [1.807, 2.05) is 0 Å². The van der Waals surface area contributed by atoms with Crippen LogP contribution in [-0.4, -0.2) is 15.5 Å². The van der Waals surface area contributed by atoms with Crippen LogP contribution in [0.15, 0.2) is 45.8 Å². The molecule has 0 amide bonds. The van der Waals surface area contributed by atoms with E-state index >= 15 is 0 Å². The lowest BCUT2D eigenvalue weighted by Crippen LogP contribution is -2.14.